The Morgan fingerprint density at radius 2 is 2.09 bits per heavy atom. The topological polar surface area (TPSA) is 39.7 Å². The van der Waals surface area contributed by atoms with Crippen LogP contribution in [-0.4, -0.2) is 46.1 Å². The Kier molecular flexibility index (Phi) is 5.24. The third kappa shape index (κ3) is 3.33. The molecule has 2 heterocycles. The van der Waals surface area contributed by atoms with Gasteiger partial charge in [0, 0.05) is 18.2 Å². The van der Waals surface area contributed by atoms with Crippen molar-refractivity contribution in [2.24, 2.45) is 0 Å². The fraction of sp³-hybridized carbons (Fsp3) is 0.625. The Bertz CT molecular complexity index is 566. The molecule has 5 nitrogen and oxygen atoms in total. The minimum absolute atomic E-state index is 0.0716. The highest BCUT2D eigenvalue weighted by Crippen LogP contribution is 2.31. The number of amides is 2. The van der Waals surface area contributed by atoms with E-state index in [-0.39, 0.29) is 12.1 Å². The Labute approximate surface area is 137 Å². The summed E-state index contributed by atoms with van der Waals surface area (Å²) in [4.78, 5) is 18.8. The third-order valence-electron chi connectivity index (χ3n) is 3.86. The van der Waals surface area contributed by atoms with E-state index in [9.17, 15) is 4.79 Å². The summed E-state index contributed by atoms with van der Waals surface area (Å²) in [6.45, 7) is 16.3. The van der Waals surface area contributed by atoms with Crippen LogP contribution in [0.3, 0.4) is 0 Å². The molecule has 0 atom stereocenters. The minimum atomic E-state index is 0.0716. The molecule has 0 saturated carbocycles. The summed E-state index contributed by atoms with van der Waals surface area (Å²) in [6, 6.07) is 0.240. The maximum absolute atomic E-state index is 12.8. The van der Waals surface area contributed by atoms with Crippen LogP contribution in [-0.2, 0) is 6.42 Å². The predicted octanol–water partition coefficient (Wildman–Crippen LogP) is 3.46. The van der Waals surface area contributed by atoms with Crippen molar-refractivity contribution < 1.29 is 4.79 Å². The van der Waals surface area contributed by atoms with Crippen molar-refractivity contribution in [3.63, 3.8) is 0 Å². The van der Waals surface area contributed by atoms with E-state index in [1.165, 1.54) is 11.5 Å². The number of carbonyl (C=O) groups excluding carboxylic acids is 1. The van der Waals surface area contributed by atoms with Gasteiger partial charge in [-0.05, 0) is 45.6 Å². The molecule has 0 unspecified atom stereocenters. The molecule has 0 bridgehead atoms. The van der Waals surface area contributed by atoms with E-state index < -0.39 is 0 Å². The maximum Gasteiger partial charge on any atom is 0.327 e. The van der Waals surface area contributed by atoms with Crippen LogP contribution in [0.2, 0.25) is 0 Å². The molecule has 6 heteroatoms. The van der Waals surface area contributed by atoms with Gasteiger partial charge in [-0.1, -0.05) is 19.1 Å². The zero-order valence-corrected chi connectivity index (χ0v) is 15.0. The van der Waals surface area contributed by atoms with E-state index in [0.29, 0.717) is 13.3 Å². The molecule has 1 fully saturated rings. The summed E-state index contributed by atoms with van der Waals surface area (Å²) in [5.41, 5.74) is 3.32. The number of hydrogen-bond donors (Lipinski definition) is 0. The molecule has 1 aliphatic heterocycles. The fourth-order valence-corrected chi connectivity index (χ4v) is 3.65. The smallest absolute Gasteiger partial charge is 0.309 e. The predicted molar refractivity (Wildman–Crippen MR) is 92.3 cm³/mol. The number of aromatic nitrogens is 1. The molecule has 0 aliphatic carbocycles. The van der Waals surface area contributed by atoms with Gasteiger partial charge in [-0.25, -0.2) is 4.79 Å². The zero-order valence-electron chi connectivity index (χ0n) is 14.2. The van der Waals surface area contributed by atoms with Gasteiger partial charge in [-0.15, -0.1) is 0 Å². The lowest BCUT2D eigenvalue weighted by Gasteiger charge is -2.43. The van der Waals surface area contributed by atoms with Crippen molar-refractivity contribution in [2.75, 3.05) is 24.8 Å². The molecule has 0 radical (unpaired) electrons. The molecule has 1 aliphatic rings. The van der Waals surface area contributed by atoms with Crippen LogP contribution in [0.1, 0.15) is 39.0 Å². The number of aryl methyl sites for hydroxylation is 1. The van der Waals surface area contributed by atoms with Crippen LogP contribution in [0.15, 0.2) is 12.2 Å². The van der Waals surface area contributed by atoms with Crippen LogP contribution in [0, 0.1) is 6.92 Å². The van der Waals surface area contributed by atoms with Crippen molar-refractivity contribution in [2.45, 2.75) is 47.1 Å². The van der Waals surface area contributed by atoms with Gasteiger partial charge in [0.2, 0.25) is 0 Å². The number of urea groups is 1. The lowest BCUT2D eigenvalue weighted by Crippen LogP contribution is -2.60. The molecule has 122 valence electrons. The zero-order chi connectivity index (χ0) is 16.4. The average Bonchev–Trinajstić information content (AvgIpc) is 2.80. The molecule has 2 rings (SSSR count). The maximum atomic E-state index is 12.8. The van der Waals surface area contributed by atoms with Crippen LogP contribution >= 0.6 is 11.5 Å². The standard InChI is InChI=1S/C16H26N4OS/c1-7-14-13(6)15(22-17-14)20-10-18(8-11(2)3)9-19(12(4)5)16(20)21/h12H,2,7-10H2,1,3-6H3. The molecule has 1 saturated heterocycles. The van der Waals surface area contributed by atoms with Crippen molar-refractivity contribution in [1.82, 2.24) is 14.2 Å². The van der Waals surface area contributed by atoms with Gasteiger partial charge in [0.15, 0.2) is 0 Å². The number of hydrogen-bond acceptors (Lipinski definition) is 4. The fourth-order valence-electron chi connectivity index (χ4n) is 2.69. The highest BCUT2D eigenvalue weighted by atomic mass is 32.1. The van der Waals surface area contributed by atoms with E-state index in [4.69, 9.17) is 0 Å². The van der Waals surface area contributed by atoms with Crippen molar-refractivity contribution in [3.8, 4) is 0 Å². The summed E-state index contributed by atoms with van der Waals surface area (Å²) in [5, 5.41) is 0.971. The van der Waals surface area contributed by atoms with E-state index in [1.807, 2.05) is 16.7 Å². The summed E-state index contributed by atoms with van der Waals surface area (Å²) >= 11 is 1.43. The second-order valence-electron chi connectivity index (χ2n) is 6.26. The molecule has 1 aromatic rings. The van der Waals surface area contributed by atoms with Crippen LogP contribution in [0.4, 0.5) is 9.80 Å². The SMILES string of the molecule is C=C(C)CN1CN(c2snc(CC)c2C)C(=O)N(C(C)C)C1. The van der Waals surface area contributed by atoms with Crippen LogP contribution in [0.5, 0.6) is 0 Å². The summed E-state index contributed by atoms with van der Waals surface area (Å²) in [7, 11) is 0. The Hall–Kier alpha value is -1.40. The van der Waals surface area contributed by atoms with E-state index in [1.54, 1.807) is 0 Å². The highest BCUT2D eigenvalue weighted by Gasteiger charge is 2.34. The molecule has 1 aromatic heterocycles. The number of rotatable bonds is 5. The van der Waals surface area contributed by atoms with E-state index in [0.717, 1.165) is 34.8 Å². The summed E-state index contributed by atoms with van der Waals surface area (Å²) in [5.74, 6) is 0. The first-order valence-corrected chi connectivity index (χ1v) is 8.52. The Balaban J connectivity index is 2.32. The molecule has 0 aromatic carbocycles. The first-order valence-electron chi connectivity index (χ1n) is 7.75. The van der Waals surface area contributed by atoms with Gasteiger partial charge in [0.05, 0.1) is 19.0 Å². The quantitative estimate of drug-likeness (QED) is 0.779. The van der Waals surface area contributed by atoms with Gasteiger partial charge >= 0.3 is 6.03 Å². The van der Waals surface area contributed by atoms with Crippen molar-refractivity contribution in [1.29, 1.82) is 0 Å². The van der Waals surface area contributed by atoms with Gasteiger partial charge < -0.3 is 4.90 Å². The van der Waals surface area contributed by atoms with Crippen LogP contribution < -0.4 is 4.90 Å². The van der Waals surface area contributed by atoms with Crippen molar-refractivity contribution >= 4 is 22.6 Å². The van der Waals surface area contributed by atoms with Gasteiger partial charge in [0.1, 0.15) is 5.00 Å². The lowest BCUT2D eigenvalue weighted by molar-refractivity contribution is 0.104. The largest absolute Gasteiger partial charge is 0.327 e. The summed E-state index contributed by atoms with van der Waals surface area (Å²) in [6.07, 6.45) is 0.897. The number of carbonyl (C=O) groups is 1. The molecular formula is C16H26N4OS. The molecule has 0 N–H and O–H groups in total. The Morgan fingerprint density at radius 3 is 2.59 bits per heavy atom. The number of anilines is 1. The highest BCUT2D eigenvalue weighted by molar-refractivity contribution is 7.10. The van der Waals surface area contributed by atoms with Gasteiger partial charge in [-0.3, -0.25) is 9.80 Å². The summed E-state index contributed by atoms with van der Waals surface area (Å²) < 4.78 is 4.49. The lowest BCUT2D eigenvalue weighted by atomic mass is 10.2. The molecule has 22 heavy (non-hydrogen) atoms. The van der Waals surface area contributed by atoms with Gasteiger partial charge in [0.25, 0.3) is 0 Å². The van der Waals surface area contributed by atoms with Crippen LogP contribution in [0.25, 0.3) is 0 Å². The first-order chi connectivity index (χ1) is 10.3. The number of nitrogens with zero attached hydrogens (tertiary/aromatic N) is 4. The van der Waals surface area contributed by atoms with E-state index >= 15 is 0 Å². The first kappa shape index (κ1) is 17.0. The molecular weight excluding hydrogens is 296 g/mol. The second-order valence-corrected chi connectivity index (χ2v) is 7.01. The second kappa shape index (κ2) is 6.79. The normalized spacial score (nSPS) is 16.7. The van der Waals surface area contributed by atoms with Gasteiger partial charge in [-0.2, -0.15) is 4.37 Å². The van der Waals surface area contributed by atoms with E-state index in [2.05, 4.69) is 43.5 Å². The molecule has 0 spiro atoms. The van der Waals surface area contributed by atoms with Crippen molar-refractivity contribution in [3.05, 3.63) is 23.4 Å². The Morgan fingerprint density at radius 1 is 1.41 bits per heavy atom. The average molecular weight is 322 g/mol. The minimum Gasteiger partial charge on any atom is -0.309 e. The molecule has 2 amide bonds. The monoisotopic (exact) mass is 322 g/mol. The third-order valence-corrected chi connectivity index (χ3v) is 4.87.